The summed E-state index contributed by atoms with van der Waals surface area (Å²) in [5, 5.41) is 3.51. The van der Waals surface area contributed by atoms with E-state index in [9.17, 15) is 0 Å². The molecule has 116 valence electrons. The number of hydrogen-bond acceptors (Lipinski definition) is 3. The molecule has 0 bridgehead atoms. The lowest BCUT2D eigenvalue weighted by Gasteiger charge is -2.32. The fourth-order valence-corrected chi connectivity index (χ4v) is 3.15. The molecule has 1 aliphatic rings. The van der Waals surface area contributed by atoms with Crippen LogP contribution in [0.5, 0.6) is 0 Å². The van der Waals surface area contributed by atoms with Crippen LogP contribution in [0.2, 0.25) is 0 Å². The van der Waals surface area contributed by atoms with E-state index in [1.54, 1.807) is 6.20 Å². The Morgan fingerprint density at radius 1 is 1.23 bits per heavy atom. The van der Waals surface area contributed by atoms with E-state index in [-0.39, 0.29) is 0 Å². The molecule has 0 amide bonds. The SMILES string of the molecule is Cc1cccc(C[C@@H]2CNCC[C@@H]2OCc2cccnc2)c1. The van der Waals surface area contributed by atoms with E-state index in [1.165, 1.54) is 11.1 Å². The molecular weight excluding hydrogens is 272 g/mol. The predicted molar refractivity (Wildman–Crippen MR) is 88.7 cm³/mol. The molecule has 1 saturated heterocycles. The highest BCUT2D eigenvalue weighted by Gasteiger charge is 2.25. The number of ether oxygens (including phenoxy) is 1. The maximum atomic E-state index is 6.20. The summed E-state index contributed by atoms with van der Waals surface area (Å²) in [6.45, 7) is 4.88. The summed E-state index contributed by atoms with van der Waals surface area (Å²) in [7, 11) is 0. The molecule has 1 fully saturated rings. The number of nitrogens with one attached hydrogen (secondary N) is 1. The number of piperidine rings is 1. The van der Waals surface area contributed by atoms with Crippen molar-refractivity contribution in [3.63, 3.8) is 0 Å². The fraction of sp³-hybridized carbons (Fsp3) is 0.421. The van der Waals surface area contributed by atoms with Crippen molar-refractivity contribution in [2.45, 2.75) is 32.5 Å². The van der Waals surface area contributed by atoms with Crippen LogP contribution in [0.1, 0.15) is 23.1 Å². The molecule has 1 aromatic carbocycles. The van der Waals surface area contributed by atoms with E-state index in [4.69, 9.17) is 4.74 Å². The van der Waals surface area contributed by atoms with Gasteiger partial charge in [0.1, 0.15) is 0 Å². The summed E-state index contributed by atoms with van der Waals surface area (Å²) in [5.41, 5.74) is 3.88. The molecule has 3 heteroatoms. The van der Waals surface area contributed by atoms with E-state index in [0.29, 0.717) is 18.6 Å². The summed E-state index contributed by atoms with van der Waals surface area (Å²) in [6, 6.07) is 12.8. The quantitative estimate of drug-likeness (QED) is 0.920. The lowest BCUT2D eigenvalue weighted by atomic mass is 9.89. The van der Waals surface area contributed by atoms with E-state index in [2.05, 4.69) is 47.6 Å². The Morgan fingerprint density at radius 3 is 2.95 bits per heavy atom. The molecule has 0 radical (unpaired) electrons. The zero-order chi connectivity index (χ0) is 15.2. The Kier molecular flexibility index (Phi) is 5.20. The van der Waals surface area contributed by atoms with Gasteiger partial charge in [0.05, 0.1) is 12.7 Å². The van der Waals surface area contributed by atoms with Crippen molar-refractivity contribution in [3.05, 3.63) is 65.5 Å². The number of pyridine rings is 1. The summed E-state index contributed by atoms with van der Waals surface area (Å²) in [5.74, 6) is 0.534. The Hall–Kier alpha value is -1.71. The van der Waals surface area contributed by atoms with Gasteiger partial charge in [-0.2, -0.15) is 0 Å². The molecule has 1 N–H and O–H groups in total. The van der Waals surface area contributed by atoms with Gasteiger partial charge in [0.15, 0.2) is 0 Å². The van der Waals surface area contributed by atoms with Crippen LogP contribution >= 0.6 is 0 Å². The molecule has 3 nitrogen and oxygen atoms in total. The minimum Gasteiger partial charge on any atom is -0.373 e. The minimum atomic E-state index is 0.321. The molecule has 0 unspecified atom stereocenters. The molecule has 0 aliphatic carbocycles. The van der Waals surface area contributed by atoms with Gasteiger partial charge in [-0.15, -0.1) is 0 Å². The number of rotatable bonds is 5. The molecular formula is C19H24N2O. The molecule has 1 aromatic heterocycles. The maximum absolute atomic E-state index is 6.20. The third-order valence-electron chi connectivity index (χ3n) is 4.31. The van der Waals surface area contributed by atoms with Gasteiger partial charge in [0.25, 0.3) is 0 Å². The maximum Gasteiger partial charge on any atom is 0.0735 e. The number of aryl methyl sites for hydroxylation is 1. The van der Waals surface area contributed by atoms with Crippen molar-refractivity contribution in [1.82, 2.24) is 10.3 Å². The second-order valence-electron chi connectivity index (χ2n) is 6.16. The highest BCUT2D eigenvalue weighted by molar-refractivity contribution is 5.23. The molecule has 2 heterocycles. The third kappa shape index (κ3) is 4.15. The zero-order valence-electron chi connectivity index (χ0n) is 13.2. The Morgan fingerprint density at radius 2 is 2.14 bits per heavy atom. The second-order valence-corrected chi connectivity index (χ2v) is 6.16. The van der Waals surface area contributed by atoms with E-state index < -0.39 is 0 Å². The third-order valence-corrected chi connectivity index (χ3v) is 4.31. The summed E-state index contributed by atoms with van der Waals surface area (Å²) in [6.07, 6.45) is 6.16. The normalized spacial score (nSPS) is 21.7. The van der Waals surface area contributed by atoms with Gasteiger partial charge < -0.3 is 10.1 Å². The van der Waals surface area contributed by atoms with Crippen LogP contribution in [0.15, 0.2) is 48.8 Å². The van der Waals surface area contributed by atoms with Crippen molar-refractivity contribution in [1.29, 1.82) is 0 Å². The van der Waals surface area contributed by atoms with Crippen molar-refractivity contribution in [3.8, 4) is 0 Å². The van der Waals surface area contributed by atoms with Gasteiger partial charge >= 0.3 is 0 Å². The van der Waals surface area contributed by atoms with Crippen molar-refractivity contribution in [2.24, 2.45) is 5.92 Å². The highest BCUT2D eigenvalue weighted by Crippen LogP contribution is 2.21. The van der Waals surface area contributed by atoms with Gasteiger partial charge in [-0.1, -0.05) is 35.9 Å². The van der Waals surface area contributed by atoms with E-state index >= 15 is 0 Å². The zero-order valence-corrected chi connectivity index (χ0v) is 13.2. The Balaban J connectivity index is 1.61. The molecule has 2 atom stereocenters. The van der Waals surface area contributed by atoms with Crippen LogP contribution in [-0.2, 0) is 17.8 Å². The van der Waals surface area contributed by atoms with Gasteiger partial charge in [-0.25, -0.2) is 0 Å². The molecule has 3 rings (SSSR count). The summed E-state index contributed by atoms with van der Waals surface area (Å²) < 4.78 is 6.20. The van der Waals surface area contributed by atoms with E-state index in [0.717, 1.165) is 31.5 Å². The fourth-order valence-electron chi connectivity index (χ4n) is 3.15. The minimum absolute atomic E-state index is 0.321. The second kappa shape index (κ2) is 7.52. The standard InChI is InChI=1S/C19H24N2O/c1-15-4-2-5-16(10-15)11-18-13-21-9-7-19(18)22-14-17-6-3-8-20-12-17/h2-6,8,10,12,18-19,21H,7,9,11,13-14H2,1H3/t18-,19+/m1/s1. The molecule has 1 aliphatic heterocycles. The number of nitrogens with zero attached hydrogens (tertiary/aromatic N) is 1. The lowest BCUT2D eigenvalue weighted by Crippen LogP contribution is -2.42. The average molecular weight is 296 g/mol. The first-order chi connectivity index (χ1) is 10.8. The van der Waals surface area contributed by atoms with Crippen LogP contribution in [0, 0.1) is 12.8 Å². The molecule has 0 saturated carbocycles. The highest BCUT2D eigenvalue weighted by atomic mass is 16.5. The van der Waals surface area contributed by atoms with Crippen LogP contribution in [-0.4, -0.2) is 24.2 Å². The molecule has 0 spiro atoms. The van der Waals surface area contributed by atoms with Gasteiger partial charge in [0.2, 0.25) is 0 Å². The van der Waals surface area contributed by atoms with Crippen LogP contribution in [0.25, 0.3) is 0 Å². The van der Waals surface area contributed by atoms with E-state index in [1.807, 2.05) is 12.3 Å². The number of aromatic nitrogens is 1. The number of hydrogen-bond donors (Lipinski definition) is 1. The van der Waals surface area contributed by atoms with Gasteiger partial charge in [-0.3, -0.25) is 4.98 Å². The Labute approximate surface area is 132 Å². The predicted octanol–water partition coefficient (Wildman–Crippen LogP) is 3.13. The van der Waals surface area contributed by atoms with Crippen LogP contribution in [0.4, 0.5) is 0 Å². The topological polar surface area (TPSA) is 34.1 Å². The monoisotopic (exact) mass is 296 g/mol. The smallest absolute Gasteiger partial charge is 0.0735 e. The van der Waals surface area contributed by atoms with Gasteiger partial charge in [-0.05, 0) is 43.5 Å². The Bertz CT molecular complexity index is 585. The first-order valence-electron chi connectivity index (χ1n) is 8.08. The largest absolute Gasteiger partial charge is 0.373 e. The summed E-state index contributed by atoms with van der Waals surface area (Å²) >= 11 is 0. The van der Waals surface area contributed by atoms with Crippen LogP contribution < -0.4 is 5.32 Å². The van der Waals surface area contributed by atoms with Crippen molar-refractivity contribution in [2.75, 3.05) is 13.1 Å². The summed E-state index contributed by atoms with van der Waals surface area (Å²) in [4.78, 5) is 4.15. The number of benzene rings is 1. The average Bonchev–Trinajstić information content (AvgIpc) is 2.55. The lowest BCUT2D eigenvalue weighted by molar-refractivity contribution is -0.0152. The van der Waals surface area contributed by atoms with Crippen LogP contribution in [0.3, 0.4) is 0 Å². The van der Waals surface area contributed by atoms with Gasteiger partial charge in [0, 0.05) is 24.9 Å². The van der Waals surface area contributed by atoms with Crippen molar-refractivity contribution >= 4 is 0 Å². The first kappa shape index (κ1) is 15.2. The first-order valence-corrected chi connectivity index (χ1v) is 8.08. The molecule has 22 heavy (non-hydrogen) atoms. The molecule has 2 aromatic rings. The van der Waals surface area contributed by atoms with Crippen molar-refractivity contribution < 1.29 is 4.74 Å².